The van der Waals surface area contributed by atoms with E-state index >= 15 is 0 Å². The zero-order chi connectivity index (χ0) is 7.78. The molecule has 0 aliphatic heterocycles. The van der Waals surface area contributed by atoms with Gasteiger partial charge in [0.1, 0.15) is 4.88 Å². The van der Waals surface area contributed by atoms with Crippen LogP contribution in [0.25, 0.3) is 0 Å². The van der Waals surface area contributed by atoms with E-state index in [0.717, 1.165) is 6.20 Å². The second-order valence-corrected chi connectivity index (χ2v) is 2.62. The number of anilines is 1. The summed E-state index contributed by atoms with van der Waals surface area (Å²) in [6.07, 6.45) is -3.59. The molecule has 1 aromatic rings. The molecule has 0 bridgehead atoms. The Labute approximate surface area is 70.6 Å². The second-order valence-electron chi connectivity index (χ2n) is 1.56. The van der Waals surface area contributed by atoms with Crippen LogP contribution >= 0.6 is 23.7 Å². The number of hydrogen-bond acceptors (Lipinski definition) is 3. The molecule has 7 heteroatoms. The van der Waals surface area contributed by atoms with Gasteiger partial charge in [-0.05, 0) is 0 Å². The van der Waals surface area contributed by atoms with Crippen molar-refractivity contribution in [2.75, 3.05) is 5.73 Å². The van der Waals surface area contributed by atoms with Crippen LogP contribution in [0.15, 0.2) is 6.20 Å². The van der Waals surface area contributed by atoms with Gasteiger partial charge in [-0.15, -0.1) is 12.4 Å². The Balaban J connectivity index is 0.000001000. The molecule has 0 aromatic carbocycles. The lowest BCUT2D eigenvalue weighted by Crippen LogP contribution is -2.00. The number of nitrogen functional groups attached to an aromatic ring is 1. The van der Waals surface area contributed by atoms with Gasteiger partial charge in [0.15, 0.2) is 5.13 Å². The SMILES string of the molecule is Cl.Nc1ncc(C(F)(F)F)s1. The van der Waals surface area contributed by atoms with E-state index in [1.54, 1.807) is 0 Å². The second kappa shape index (κ2) is 3.27. The van der Waals surface area contributed by atoms with Crippen molar-refractivity contribution in [1.82, 2.24) is 4.98 Å². The van der Waals surface area contributed by atoms with Crippen molar-refractivity contribution in [3.63, 3.8) is 0 Å². The first-order chi connectivity index (χ1) is 4.50. The van der Waals surface area contributed by atoms with Crippen molar-refractivity contribution in [2.24, 2.45) is 0 Å². The van der Waals surface area contributed by atoms with Crippen LogP contribution in [0.4, 0.5) is 18.3 Å². The third-order valence-corrected chi connectivity index (χ3v) is 1.67. The van der Waals surface area contributed by atoms with E-state index in [4.69, 9.17) is 5.73 Å². The van der Waals surface area contributed by atoms with Gasteiger partial charge in [0.25, 0.3) is 0 Å². The fourth-order valence-corrected chi connectivity index (χ4v) is 0.971. The monoisotopic (exact) mass is 204 g/mol. The number of thiazole rings is 1. The molecule has 0 aliphatic rings. The average Bonchev–Trinajstić information content (AvgIpc) is 2.11. The van der Waals surface area contributed by atoms with Crippen molar-refractivity contribution in [3.05, 3.63) is 11.1 Å². The Bertz CT molecular complexity index is 233. The first-order valence-electron chi connectivity index (χ1n) is 2.28. The Kier molecular flexibility index (Phi) is 3.13. The zero-order valence-electron chi connectivity index (χ0n) is 5.05. The van der Waals surface area contributed by atoms with E-state index in [1.807, 2.05) is 0 Å². The summed E-state index contributed by atoms with van der Waals surface area (Å²) >= 11 is 0.436. The lowest BCUT2D eigenvalue weighted by atomic mass is 10.5. The van der Waals surface area contributed by atoms with Gasteiger partial charge < -0.3 is 5.73 Å². The van der Waals surface area contributed by atoms with Crippen molar-refractivity contribution in [1.29, 1.82) is 0 Å². The summed E-state index contributed by atoms with van der Waals surface area (Å²) in [7, 11) is 0. The number of nitrogens with zero attached hydrogens (tertiary/aromatic N) is 1. The van der Waals surface area contributed by atoms with Gasteiger partial charge in [-0.2, -0.15) is 13.2 Å². The summed E-state index contributed by atoms with van der Waals surface area (Å²) in [6.45, 7) is 0. The third-order valence-electron chi connectivity index (χ3n) is 0.803. The maximum Gasteiger partial charge on any atom is 0.427 e. The highest BCUT2D eigenvalue weighted by Gasteiger charge is 2.32. The fraction of sp³-hybridized carbons (Fsp3) is 0.250. The molecule has 2 nitrogen and oxygen atoms in total. The highest BCUT2D eigenvalue weighted by Crippen LogP contribution is 2.33. The largest absolute Gasteiger partial charge is 0.427 e. The van der Waals surface area contributed by atoms with E-state index in [9.17, 15) is 13.2 Å². The molecule has 11 heavy (non-hydrogen) atoms. The number of alkyl halides is 3. The molecular formula is C4H4ClF3N2S. The van der Waals surface area contributed by atoms with Gasteiger partial charge >= 0.3 is 6.18 Å². The number of halogens is 4. The number of rotatable bonds is 0. The predicted molar refractivity (Wildman–Crippen MR) is 38.8 cm³/mol. The van der Waals surface area contributed by atoms with Gasteiger partial charge in [0.2, 0.25) is 0 Å². The van der Waals surface area contributed by atoms with Gasteiger partial charge in [-0.25, -0.2) is 4.98 Å². The zero-order valence-corrected chi connectivity index (χ0v) is 6.69. The highest BCUT2D eigenvalue weighted by molar-refractivity contribution is 7.15. The van der Waals surface area contributed by atoms with Gasteiger partial charge in [0.05, 0.1) is 6.20 Å². The normalized spacial score (nSPS) is 10.8. The lowest BCUT2D eigenvalue weighted by Gasteiger charge is -1.98. The maximum atomic E-state index is 11.7. The summed E-state index contributed by atoms with van der Waals surface area (Å²) < 4.78 is 35.1. The third kappa shape index (κ3) is 2.55. The quantitative estimate of drug-likeness (QED) is 0.704. The summed E-state index contributed by atoms with van der Waals surface area (Å²) in [6, 6.07) is 0. The van der Waals surface area contributed by atoms with E-state index in [0.29, 0.717) is 11.3 Å². The summed E-state index contributed by atoms with van der Waals surface area (Å²) in [4.78, 5) is 2.50. The summed E-state index contributed by atoms with van der Waals surface area (Å²) in [5.41, 5.74) is 4.98. The maximum absolute atomic E-state index is 11.7. The van der Waals surface area contributed by atoms with Gasteiger partial charge in [-0.1, -0.05) is 11.3 Å². The Morgan fingerprint density at radius 1 is 1.45 bits per heavy atom. The first kappa shape index (κ1) is 10.5. The molecule has 2 N–H and O–H groups in total. The van der Waals surface area contributed by atoms with Crippen LogP contribution in [0, 0.1) is 0 Å². The van der Waals surface area contributed by atoms with Crippen molar-refractivity contribution in [3.8, 4) is 0 Å². The molecule has 0 fully saturated rings. The van der Waals surface area contributed by atoms with Crippen molar-refractivity contribution >= 4 is 28.9 Å². The molecule has 0 unspecified atom stereocenters. The molecule has 1 rings (SSSR count). The standard InChI is InChI=1S/C4H3F3N2S.ClH/c5-4(6,7)2-1-9-3(8)10-2;/h1H,(H2,8,9);1H. The van der Waals surface area contributed by atoms with E-state index in [-0.39, 0.29) is 17.5 Å². The number of hydrogen-bond donors (Lipinski definition) is 1. The molecule has 0 saturated heterocycles. The van der Waals surface area contributed by atoms with Crippen LogP contribution in [0.3, 0.4) is 0 Å². The molecule has 0 saturated carbocycles. The molecule has 1 aromatic heterocycles. The van der Waals surface area contributed by atoms with Crippen molar-refractivity contribution in [2.45, 2.75) is 6.18 Å². The van der Waals surface area contributed by atoms with Crippen LogP contribution in [-0.2, 0) is 6.18 Å². The number of nitrogens with two attached hydrogens (primary N) is 1. The lowest BCUT2D eigenvalue weighted by molar-refractivity contribution is -0.134. The van der Waals surface area contributed by atoms with Gasteiger partial charge in [0, 0.05) is 0 Å². The minimum Gasteiger partial charge on any atom is -0.375 e. The fourth-order valence-electron chi connectivity index (χ4n) is 0.419. The molecular weight excluding hydrogens is 201 g/mol. The minimum atomic E-state index is -4.31. The van der Waals surface area contributed by atoms with Crippen LogP contribution in [0.2, 0.25) is 0 Å². The molecule has 1 heterocycles. The number of aromatic nitrogens is 1. The van der Waals surface area contributed by atoms with Crippen molar-refractivity contribution < 1.29 is 13.2 Å². The van der Waals surface area contributed by atoms with Crippen LogP contribution in [-0.4, -0.2) is 4.98 Å². The molecule has 0 aliphatic carbocycles. The average molecular weight is 205 g/mol. The summed E-state index contributed by atoms with van der Waals surface area (Å²) in [5.74, 6) is 0. The van der Waals surface area contributed by atoms with Gasteiger partial charge in [-0.3, -0.25) is 0 Å². The predicted octanol–water partition coefficient (Wildman–Crippen LogP) is 2.17. The van der Waals surface area contributed by atoms with E-state index in [1.165, 1.54) is 0 Å². The Morgan fingerprint density at radius 3 is 2.18 bits per heavy atom. The molecule has 0 spiro atoms. The molecule has 64 valence electrons. The van der Waals surface area contributed by atoms with E-state index in [2.05, 4.69) is 4.98 Å². The van der Waals surface area contributed by atoms with E-state index < -0.39 is 11.1 Å². The van der Waals surface area contributed by atoms with Crippen LogP contribution < -0.4 is 5.73 Å². The Hall–Kier alpha value is -0.490. The molecule has 0 atom stereocenters. The Morgan fingerprint density at radius 2 is 2.00 bits per heavy atom. The first-order valence-corrected chi connectivity index (χ1v) is 3.10. The topological polar surface area (TPSA) is 38.9 Å². The smallest absolute Gasteiger partial charge is 0.375 e. The highest BCUT2D eigenvalue weighted by atomic mass is 35.5. The summed E-state index contributed by atoms with van der Waals surface area (Å²) in [5, 5.41) is -0.0627. The van der Waals surface area contributed by atoms with Crippen LogP contribution in [0.1, 0.15) is 4.88 Å². The molecule has 0 radical (unpaired) electrons. The molecule has 0 amide bonds. The van der Waals surface area contributed by atoms with Crippen LogP contribution in [0.5, 0.6) is 0 Å². The minimum absolute atomic E-state index is 0.